The predicted octanol–water partition coefficient (Wildman–Crippen LogP) is 2.65. The van der Waals surface area contributed by atoms with E-state index in [-0.39, 0.29) is 18.7 Å². The Balaban J connectivity index is 1.85. The van der Waals surface area contributed by atoms with Gasteiger partial charge in [0.05, 0.1) is 6.54 Å². The van der Waals surface area contributed by atoms with Gasteiger partial charge in [0.1, 0.15) is 18.5 Å². The van der Waals surface area contributed by atoms with Gasteiger partial charge in [0.25, 0.3) is 5.56 Å². The summed E-state index contributed by atoms with van der Waals surface area (Å²) in [5, 5.41) is 11.7. The largest absolute Gasteiger partial charge is 0.491 e. The van der Waals surface area contributed by atoms with Gasteiger partial charge in [-0.2, -0.15) is 0 Å². The number of nitrogens with one attached hydrogen (secondary N) is 1. The zero-order chi connectivity index (χ0) is 21.8. The molecule has 3 rings (SSSR count). The van der Waals surface area contributed by atoms with Crippen molar-refractivity contribution in [3.05, 3.63) is 50.1 Å². The number of rotatable bonds is 9. The van der Waals surface area contributed by atoms with Gasteiger partial charge in [0, 0.05) is 17.8 Å². The Hall–Kier alpha value is -2.23. The number of imidazole rings is 1. The van der Waals surface area contributed by atoms with Gasteiger partial charge in [-0.05, 0) is 36.6 Å². The van der Waals surface area contributed by atoms with E-state index in [0.717, 1.165) is 12.2 Å². The lowest BCUT2D eigenvalue weighted by atomic mass is 10.2. The van der Waals surface area contributed by atoms with Crippen LogP contribution in [0.2, 0.25) is 5.02 Å². The number of thioether (sulfide) groups is 1. The summed E-state index contributed by atoms with van der Waals surface area (Å²) >= 11 is 7.37. The number of H-pyrrole nitrogens is 1. The molecule has 0 unspecified atom stereocenters. The highest BCUT2D eigenvalue weighted by atomic mass is 35.5. The molecule has 30 heavy (non-hydrogen) atoms. The molecule has 0 aliphatic rings. The van der Waals surface area contributed by atoms with Crippen LogP contribution in [-0.2, 0) is 13.6 Å². The predicted molar refractivity (Wildman–Crippen MR) is 119 cm³/mol. The van der Waals surface area contributed by atoms with Crippen LogP contribution in [0.3, 0.4) is 0 Å². The molecule has 0 aliphatic carbocycles. The molecular weight excluding hydrogens is 428 g/mol. The fraction of sp³-hybridized carbons (Fsp3) is 0.450. The maximum atomic E-state index is 12.5. The van der Waals surface area contributed by atoms with Crippen LogP contribution < -0.4 is 16.0 Å². The van der Waals surface area contributed by atoms with Gasteiger partial charge < -0.3 is 14.4 Å². The minimum absolute atomic E-state index is 0.0288. The van der Waals surface area contributed by atoms with Crippen LogP contribution in [0.1, 0.15) is 20.3 Å². The number of aliphatic hydroxyl groups is 1. The number of fused-ring (bicyclic) bond motifs is 1. The topological polar surface area (TPSA) is 102 Å². The Morgan fingerprint density at radius 1 is 1.27 bits per heavy atom. The fourth-order valence-electron chi connectivity index (χ4n) is 2.87. The molecular formula is C20H25ClN4O4S. The second kappa shape index (κ2) is 9.72. The van der Waals surface area contributed by atoms with Crippen molar-refractivity contribution in [2.45, 2.75) is 38.1 Å². The monoisotopic (exact) mass is 452 g/mol. The molecule has 0 radical (unpaired) electrons. The first-order valence-electron chi connectivity index (χ1n) is 9.65. The number of aromatic amines is 1. The van der Waals surface area contributed by atoms with Gasteiger partial charge in [-0.25, -0.2) is 9.78 Å². The first-order chi connectivity index (χ1) is 14.3. The summed E-state index contributed by atoms with van der Waals surface area (Å²) in [5.41, 5.74) is -0.499. The lowest BCUT2D eigenvalue weighted by Gasteiger charge is -2.15. The molecule has 0 saturated heterocycles. The minimum Gasteiger partial charge on any atom is -0.491 e. The van der Waals surface area contributed by atoms with Crippen LogP contribution in [0.25, 0.3) is 11.2 Å². The number of aromatic nitrogens is 4. The van der Waals surface area contributed by atoms with E-state index in [0.29, 0.717) is 27.5 Å². The van der Waals surface area contributed by atoms with E-state index in [4.69, 9.17) is 16.3 Å². The highest BCUT2D eigenvalue weighted by Gasteiger charge is 2.20. The number of hydrogen-bond donors (Lipinski definition) is 2. The van der Waals surface area contributed by atoms with Gasteiger partial charge in [0.2, 0.25) is 0 Å². The van der Waals surface area contributed by atoms with Crippen LogP contribution in [0, 0.1) is 5.92 Å². The van der Waals surface area contributed by atoms with Crippen molar-refractivity contribution >= 4 is 34.5 Å². The zero-order valence-corrected chi connectivity index (χ0v) is 18.7. The molecule has 10 heteroatoms. The average Bonchev–Trinajstić information content (AvgIpc) is 3.04. The molecule has 2 N–H and O–H groups in total. The lowest BCUT2D eigenvalue weighted by molar-refractivity contribution is 0.0914. The Bertz CT molecular complexity index is 1120. The van der Waals surface area contributed by atoms with Gasteiger partial charge in [0.15, 0.2) is 16.3 Å². The number of ether oxygens (including phenoxy) is 1. The van der Waals surface area contributed by atoms with Crippen molar-refractivity contribution in [1.82, 2.24) is 19.1 Å². The van der Waals surface area contributed by atoms with Crippen molar-refractivity contribution in [3.63, 3.8) is 0 Å². The summed E-state index contributed by atoms with van der Waals surface area (Å²) < 4.78 is 8.58. The van der Waals surface area contributed by atoms with Gasteiger partial charge in [-0.15, -0.1) is 0 Å². The molecule has 2 heterocycles. The molecule has 0 amide bonds. The molecule has 8 nitrogen and oxygen atoms in total. The van der Waals surface area contributed by atoms with Crippen molar-refractivity contribution in [1.29, 1.82) is 0 Å². The third-order valence-electron chi connectivity index (χ3n) is 4.55. The second-order valence-electron chi connectivity index (χ2n) is 7.45. The summed E-state index contributed by atoms with van der Waals surface area (Å²) in [7, 11) is 1.56. The van der Waals surface area contributed by atoms with Gasteiger partial charge in [-0.3, -0.25) is 14.3 Å². The summed E-state index contributed by atoms with van der Waals surface area (Å²) in [5.74, 6) is 1.92. The number of halogens is 1. The molecule has 1 atom stereocenters. The van der Waals surface area contributed by atoms with E-state index < -0.39 is 17.4 Å². The van der Waals surface area contributed by atoms with Gasteiger partial charge >= 0.3 is 5.69 Å². The van der Waals surface area contributed by atoms with Crippen molar-refractivity contribution in [2.75, 3.05) is 12.4 Å². The minimum atomic E-state index is -0.890. The van der Waals surface area contributed by atoms with Crippen molar-refractivity contribution in [3.8, 4) is 5.75 Å². The van der Waals surface area contributed by atoms with E-state index in [2.05, 4.69) is 23.8 Å². The maximum absolute atomic E-state index is 12.5. The maximum Gasteiger partial charge on any atom is 0.329 e. The van der Waals surface area contributed by atoms with E-state index in [1.165, 1.54) is 16.3 Å². The molecule has 0 bridgehead atoms. The number of benzene rings is 1. The molecule has 0 aliphatic heterocycles. The van der Waals surface area contributed by atoms with E-state index in [1.54, 1.807) is 35.9 Å². The highest BCUT2D eigenvalue weighted by Crippen LogP contribution is 2.24. The molecule has 3 aromatic rings. The van der Waals surface area contributed by atoms with E-state index >= 15 is 0 Å². The molecule has 2 aromatic heterocycles. The SMILES string of the molecule is CC(C)CCSc1nc2c(c(=O)[nH]c(=O)n2C)n1C[C@@H](O)COc1ccc(Cl)cc1. The highest BCUT2D eigenvalue weighted by molar-refractivity contribution is 7.99. The number of aliphatic hydroxyl groups excluding tert-OH is 1. The summed E-state index contributed by atoms with van der Waals surface area (Å²) in [6.45, 7) is 4.40. The third-order valence-corrected chi connectivity index (χ3v) is 5.81. The third kappa shape index (κ3) is 5.27. The Morgan fingerprint density at radius 3 is 2.63 bits per heavy atom. The van der Waals surface area contributed by atoms with Crippen LogP contribution in [0.4, 0.5) is 0 Å². The molecule has 1 aromatic carbocycles. The Kier molecular flexibility index (Phi) is 7.27. The normalized spacial score (nSPS) is 12.6. The zero-order valence-electron chi connectivity index (χ0n) is 17.1. The Morgan fingerprint density at radius 2 is 1.97 bits per heavy atom. The number of hydrogen-bond acceptors (Lipinski definition) is 6. The van der Waals surface area contributed by atoms with E-state index in [9.17, 15) is 14.7 Å². The molecule has 0 fully saturated rings. The van der Waals surface area contributed by atoms with Crippen molar-refractivity contribution in [2.24, 2.45) is 13.0 Å². The fourth-order valence-corrected chi connectivity index (χ4v) is 4.24. The number of nitrogens with zero attached hydrogens (tertiary/aromatic N) is 3. The lowest BCUT2D eigenvalue weighted by Crippen LogP contribution is -2.30. The Labute approximate surface area is 182 Å². The standard InChI is InChI=1S/C20H25ClN4O4S/c1-12(2)8-9-30-20-22-17-16(18(27)23-19(28)24(17)3)25(20)10-14(26)11-29-15-6-4-13(21)5-7-15/h4-7,12,14,26H,8-11H2,1-3H3,(H,23,27,28)/t14-/m1/s1. The quantitative estimate of drug-likeness (QED) is 0.484. The second-order valence-corrected chi connectivity index (χ2v) is 8.94. The van der Waals surface area contributed by atoms with E-state index in [1.807, 2.05) is 0 Å². The van der Waals surface area contributed by atoms with Crippen LogP contribution in [0.5, 0.6) is 5.75 Å². The van der Waals surface area contributed by atoms with Crippen molar-refractivity contribution < 1.29 is 9.84 Å². The average molecular weight is 453 g/mol. The first-order valence-corrected chi connectivity index (χ1v) is 11.0. The summed E-state index contributed by atoms with van der Waals surface area (Å²) in [6, 6.07) is 6.84. The summed E-state index contributed by atoms with van der Waals surface area (Å²) in [4.78, 5) is 31.3. The first kappa shape index (κ1) is 22.5. The van der Waals surface area contributed by atoms with Crippen LogP contribution in [0.15, 0.2) is 39.0 Å². The van der Waals surface area contributed by atoms with Gasteiger partial charge in [-0.1, -0.05) is 37.2 Å². The van der Waals surface area contributed by atoms with Crippen LogP contribution in [-0.4, -0.2) is 42.7 Å². The summed E-state index contributed by atoms with van der Waals surface area (Å²) in [6.07, 6.45) is 0.0879. The molecule has 0 saturated carbocycles. The van der Waals surface area contributed by atoms with Crippen LogP contribution >= 0.6 is 23.4 Å². The smallest absolute Gasteiger partial charge is 0.329 e. The molecule has 0 spiro atoms. The number of aryl methyl sites for hydroxylation is 1. The molecule has 162 valence electrons.